The van der Waals surface area contributed by atoms with Crippen LogP contribution in [0.15, 0.2) is 85.0 Å². The molecule has 0 spiro atoms. The molecule has 0 fully saturated rings. The van der Waals surface area contributed by atoms with E-state index in [-0.39, 0.29) is 46.4 Å². The van der Waals surface area contributed by atoms with E-state index in [1.807, 2.05) is 0 Å². The van der Waals surface area contributed by atoms with Crippen LogP contribution in [0.2, 0.25) is 3.72 Å². The molecular formula is C19H17Cl3Ti. The van der Waals surface area contributed by atoms with Crippen LogP contribution in [0.1, 0.15) is 18.1 Å². The van der Waals surface area contributed by atoms with Gasteiger partial charge in [0, 0.05) is 0 Å². The van der Waals surface area contributed by atoms with Crippen molar-refractivity contribution in [2.24, 2.45) is 0 Å². The van der Waals surface area contributed by atoms with Crippen molar-refractivity contribution in [3.63, 3.8) is 0 Å². The van der Waals surface area contributed by atoms with Crippen LogP contribution in [0.5, 0.6) is 0 Å². The topological polar surface area (TPSA) is 0 Å². The first-order chi connectivity index (χ1) is 9.67. The first-order valence-electron chi connectivity index (χ1n) is 6.90. The second-order valence-corrected chi connectivity index (χ2v) is 6.74. The molecule has 0 saturated carbocycles. The van der Waals surface area contributed by atoms with Crippen LogP contribution < -0.4 is 37.2 Å². The third-order valence-electron chi connectivity index (χ3n) is 4.36. The minimum atomic E-state index is -0.0704. The Morgan fingerprint density at radius 3 is 1.39 bits per heavy atom. The van der Waals surface area contributed by atoms with Crippen LogP contribution >= 0.6 is 0 Å². The minimum Gasteiger partial charge on any atom is -1.00 e. The second kappa shape index (κ2) is 9.11. The second-order valence-electron chi connectivity index (χ2n) is 5.44. The van der Waals surface area contributed by atoms with E-state index < -0.39 is 0 Å². The number of halogens is 3. The van der Waals surface area contributed by atoms with E-state index in [4.69, 9.17) is 0 Å². The third-order valence-corrected chi connectivity index (χ3v) is 5.66. The molecule has 4 heteroatoms. The van der Waals surface area contributed by atoms with Gasteiger partial charge >= 0.3 is 133 Å². The number of hydrogen-bond acceptors (Lipinski definition) is 0. The Balaban J connectivity index is 0.00000161. The summed E-state index contributed by atoms with van der Waals surface area (Å²) in [6.07, 6.45) is 8.94. The van der Waals surface area contributed by atoms with E-state index in [2.05, 4.69) is 112 Å². The summed E-state index contributed by atoms with van der Waals surface area (Å²) in [7, 11) is 0. The Hall–Kier alpha value is -0.496. The molecule has 23 heavy (non-hydrogen) atoms. The molecule has 0 amide bonds. The number of allylic oxidation sites excluding steroid dienone is 4. The largest absolute Gasteiger partial charge is 1.00 e. The first-order valence-corrected chi connectivity index (χ1v) is 7.68. The number of hydrogen-bond donors (Lipinski definition) is 0. The molecule has 0 radical (unpaired) electrons. The van der Waals surface area contributed by atoms with Gasteiger partial charge in [0.15, 0.2) is 0 Å². The Kier molecular flexibility index (Phi) is 8.91. The summed E-state index contributed by atoms with van der Waals surface area (Å²) in [5.74, 6) is 0. The van der Waals surface area contributed by atoms with Gasteiger partial charge in [-0.05, 0) is 0 Å². The molecule has 118 valence electrons. The molecule has 0 saturated heterocycles. The van der Waals surface area contributed by atoms with E-state index >= 15 is 0 Å². The van der Waals surface area contributed by atoms with E-state index in [0.717, 1.165) is 0 Å². The van der Waals surface area contributed by atoms with Crippen molar-refractivity contribution in [2.45, 2.75) is 16.1 Å². The van der Waals surface area contributed by atoms with Crippen molar-refractivity contribution in [1.82, 2.24) is 0 Å². The van der Waals surface area contributed by atoms with Gasteiger partial charge in [0.25, 0.3) is 0 Å². The van der Waals surface area contributed by atoms with Gasteiger partial charge in [-0.15, -0.1) is 0 Å². The fraction of sp³-hybridized carbons (Fsp3) is 0.158. The molecule has 0 aliphatic heterocycles. The molecule has 1 aliphatic carbocycles. The zero-order valence-corrected chi connectivity index (χ0v) is 16.5. The molecule has 0 N–H and O–H groups in total. The fourth-order valence-corrected chi connectivity index (χ4v) is 3.74. The Bertz CT molecular complexity index is 599. The Labute approximate surface area is 169 Å². The van der Waals surface area contributed by atoms with Crippen LogP contribution in [0.3, 0.4) is 0 Å². The number of benzene rings is 2. The molecule has 0 nitrogen and oxygen atoms in total. The van der Waals surface area contributed by atoms with Crippen molar-refractivity contribution in [1.29, 1.82) is 0 Å². The number of rotatable bonds is 3. The van der Waals surface area contributed by atoms with E-state index in [1.165, 1.54) is 11.1 Å². The van der Waals surface area contributed by atoms with Gasteiger partial charge in [-0.25, -0.2) is 0 Å². The van der Waals surface area contributed by atoms with Crippen LogP contribution in [-0.4, -0.2) is 0 Å². The summed E-state index contributed by atoms with van der Waals surface area (Å²) >= 11 is 2.31. The fourth-order valence-electron chi connectivity index (χ4n) is 2.99. The molecule has 1 aliphatic rings. The standard InChI is InChI=1S/C19H17.3ClH.Ti/c1-19(18-14-8-9-15-18,16-10-4-2-5-11-16)17-12-6-3-7-13-17;;;;/h2-15H,1H3;3*1H;/q;;;;+3/p-3. The molecule has 2 aromatic rings. The normalized spacial score (nSPS) is 14.4. The summed E-state index contributed by atoms with van der Waals surface area (Å²) in [6.45, 7) is 2.34. The van der Waals surface area contributed by atoms with Crippen molar-refractivity contribution in [3.05, 3.63) is 96.1 Å². The average molecular weight is 400 g/mol. The Morgan fingerprint density at radius 1 is 0.696 bits per heavy atom. The molecule has 0 heterocycles. The van der Waals surface area contributed by atoms with Crippen LogP contribution in [-0.2, 0) is 25.9 Å². The molecule has 0 aromatic heterocycles. The SMILES string of the molecule is CC(c1ccccc1)(c1ccccc1)[C]1([Ti+3])C=CC=C1.[Cl-].[Cl-].[Cl-]. The summed E-state index contributed by atoms with van der Waals surface area (Å²) in [6, 6.07) is 21.6. The maximum atomic E-state index is 2.34. The van der Waals surface area contributed by atoms with Gasteiger partial charge < -0.3 is 37.2 Å². The van der Waals surface area contributed by atoms with Gasteiger partial charge in [-0.2, -0.15) is 0 Å². The van der Waals surface area contributed by atoms with Gasteiger partial charge in [0.2, 0.25) is 0 Å². The monoisotopic (exact) mass is 398 g/mol. The van der Waals surface area contributed by atoms with Gasteiger partial charge in [-0.1, -0.05) is 0 Å². The van der Waals surface area contributed by atoms with E-state index in [9.17, 15) is 0 Å². The molecular weight excluding hydrogens is 382 g/mol. The predicted molar refractivity (Wildman–Crippen MR) is 80.3 cm³/mol. The summed E-state index contributed by atoms with van der Waals surface area (Å²) in [4.78, 5) is 0. The van der Waals surface area contributed by atoms with Crippen molar-refractivity contribution >= 4 is 0 Å². The molecule has 0 unspecified atom stereocenters. The maximum Gasteiger partial charge on any atom is -1.00 e. The Morgan fingerprint density at radius 2 is 1.04 bits per heavy atom. The summed E-state index contributed by atoms with van der Waals surface area (Å²) in [5.41, 5.74) is 2.63. The molecule has 3 rings (SSSR count). The zero-order chi connectivity index (χ0) is 14.1. The maximum absolute atomic E-state index is 2.34. The first kappa shape index (κ1) is 22.5. The minimum absolute atomic E-state index is 0. The van der Waals surface area contributed by atoms with Gasteiger partial charge in [0.1, 0.15) is 0 Å². The molecule has 0 bridgehead atoms. The molecule has 2 aromatic carbocycles. The van der Waals surface area contributed by atoms with E-state index in [0.29, 0.717) is 0 Å². The summed E-state index contributed by atoms with van der Waals surface area (Å²) < 4.78 is -0.00426. The van der Waals surface area contributed by atoms with Crippen molar-refractivity contribution in [2.75, 3.05) is 0 Å². The van der Waals surface area contributed by atoms with Crippen LogP contribution in [0.4, 0.5) is 0 Å². The predicted octanol–water partition coefficient (Wildman–Crippen LogP) is -4.16. The van der Waals surface area contributed by atoms with Crippen molar-refractivity contribution < 1.29 is 57.7 Å². The van der Waals surface area contributed by atoms with Gasteiger partial charge in [0.05, 0.1) is 0 Å². The summed E-state index contributed by atoms with van der Waals surface area (Å²) in [5, 5.41) is 0. The molecule has 0 atom stereocenters. The average Bonchev–Trinajstić information content (AvgIpc) is 2.96. The van der Waals surface area contributed by atoms with Crippen molar-refractivity contribution in [3.8, 4) is 0 Å². The van der Waals surface area contributed by atoms with Gasteiger partial charge in [-0.3, -0.25) is 0 Å². The van der Waals surface area contributed by atoms with Crippen LogP contribution in [0, 0.1) is 0 Å². The smallest absolute Gasteiger partial charge is 1.00 e. The third kappa shape index (κ3) is 3.95. The quantitative estimate of drug-likeness (QED) is 0.460. The van der Waals surface area contributed by atoms with Crippen LogP contribution in [0.25, 0.3) is 0 Å². The zero-order valence-electron chi connectivity index (χ0n) is 12.7. The van der Waals surface area contributed by atoms with E-state index in [1.54, 1.807) is 0 Å².